The average molecular weight is 407 g/mol. The molecule has 0 atom stereocenters. The van der Waals surface area contributed by atoms with Crippen LogP contribution in [0, 0.1) is 0 Å². The van der Waals surface area contributed by atoms with E-state index in [4.69, 9.17) is 0 Å². The maximum atomic E-state index is 12.7. The van der Waals surface area contributed by atoms with Crippen molar-refractivity contribution in [3.63, 3.8) is 0 Å². The number of nitrogens with one attached hydrogen (secondary N) is 1. The lowest BCUT2D eigenvalue weighted by atomic mass is 10.1. The third kappa shape index (κ3) is 3.81. The molecule has 0 saturated heterocycles. The Hall–Kier alpha value is -3.72. The van der Waals surface area contributed by atoms with Gasteiger partial charge in [-0.05, 0) is 54.6 Å². The number of aromatic nitrogens is 4. The third-order valence-corrected chi connectivity index (χ3v) is 6.02. The maximum Gasteiger partial charge on any atom is 0.240 e. The molecule has 8 nitrogen and oxygen atoms in total. The van der Waals surface area contributed by atoms with Gasteiger partial charge in [0.2, 0.25) is 20.9 Å². The van der Waals surface area contributed by atoms with Crippen LogP contribution in [0.5, 0.6) is 5.75 Å². The van der Waals surface area contributed by atoms with Gasteiger partial charge in [0, 0.05) is 36.9 Å². The van der Waals surface area contributed by atoms with Gasteiger partial charge in [-0.2, -0.15) is 0 Å². The number of sulfone groups is 1. The normalized spacial score (nSPS) is 11.3. The lowest BCUT2D eigenvalue weighted by molar-refractivity contribution is 0.475. The van der Waals surface area contributed by atoms with Gasteiger partial charge in [0.05, 0.1) is 10.6 Å². The van der Waals surface area contributed by atoms with Crippen LogP contribution in [0.15, 0.2) is 83.2 Å². The molecule has 0 saturated carbocycles. The van der Waals surface area contributed by atoms with Crippen LogP contribution in [0.25, 0.3) is 11.3 Å². The lowest BCUT2D eigenvalue weighted by Gasteiger charge is -2.08. The summed E-state index contributed by atoms with van der Waals surface area (Å²) in [5, 5.41) is 12.5. The fourth-order valence-corrected chi connectivity index (χ4v) is 4.12. The zero-order valence-electron chi connectivity index (χ0n) is 15.4. The number of hydrogen-bond acceptors (Lipinski definition) is 7. The molecule has 0 aliphatic rings. The number of phenolic OH excluding ortho intramolecular Hbond substituents is 1. The van der Waals surface area contributed by atoms with Gasteiger partial charge >= 0.3 is 0 Å². The van der Waals surface area contributed by atoms with Gasteiger partial charge in [0.25, 0.3) is 0 Å². The summed E-state index contributed by atoms with van der Waals surface area (Å²) in [4.78, 5) is 12.7. The topological polar surface area (TPSA) is 110 Å². The van der Waals surface area contributed by atoms with E-state index in [0.29, 0.717) is 17.3 Å². The zero-order valence-corrected chi connectivity index (χ0v) is 16.2. The Bertz CT molecular complexity index is 1250. The van der Waals surface area contributed by atoms with E-state index in [1.54, 1.807) is 61.9 Å². The highest BCUT2D eigenvalue weighted by molar-refractivity contribution is 7.91. The summed E-state index contributed by atoms with van der Waals surface area (Å²) in [6.45, 7) is 0. The van der Waals surface area contributed by atoms with Crippen LogP contribution >= 0.6 is 0 Å². The molecule has 0 radical (unpaired) electrons. The van der Waals surface area contributed by atoms with Gasteiger partial charge in [-0.25, -0.2) is 23.4 Å². The average Bonchev–Trinajstić information content (AvgIpc) is 3.16. The molecule has 0 bridgehead atoms. The second-order valence-corrected chi connectivity index (χ2v) is 8.13. The Balaban J connectivity index is 1.56. The number of phenols is 1. The Morgan fingerprint density at radius 2 is 1.66 bits per heavy atom. The zero-order chi connectivity index (χ0) is 20.4. The molecule has 4 aromatic rings. The van der Waals surface area contributed by atoms with E-state index in [9.17, 15) is 13.5 Å². The molecule has 0 aliphatic carbocycles. The molecule has 2 heterocycles. The molecule has 29 heavy (non-hydrogen) atoms. The number of imidazole rings is 1. The Morgan fingerprint density at radius 3 is 2.31 bits per heavy atom. The van der Waals surface area contributed by atoms with Crippen LogP contribution in [0.2, 0.25) is 0 Å². The van der Waals surface area contributed by atoms with E-state index >= 15 is 0 Å². The molecule has 9 heteroatoms. The standard InChI is InChI=1S/C20H17N5O3S/c1-25-13-12-22-20(25)29(27,28)17-8-4-15(5-9-17)23-19-21-11-10-18(24-19)14-2-6-16(26)7-3-14/h2-13,26H,1H3,(H,21,23,24). The summed E-state index contributed by atoms with van der Waals surface area (Å²) in [5.74, 6) is 0.553. The molecule has 0 aliphatic heterocycles. The van der Waals surface area contributed by atoms with E-state index in [0.717, 1.165) is 5.56 Å². The summed E-state index contributed by atoms with van der Waals surface area (Å²) in [5.41, 5.74) is 2.17. The number of nitrogens with zero attached hydrogens (tertiary/aromatic N) is 4. The first kappa shape index (κ1) is 18.6. The summed E-state index contributed by atoms with van der Waals surface area (Å²) in [7, 11) is -2.06. The van der Waals surface area contributed by atoms with Gasteiger partial charge in [-0.1, -0.05) is 0 Å². The lowest BCUT2D eigenvalue weighted by Crippen LogP contribution is -2.08. The molecule has 0 fully saturated rings. The van der Waals surface area contributed by atoms with Crippen LogP contribution in [0.3, 0.4) is 0 Å². The molecular formula is C20H17N5O3S. The van der Waals surface area contributed by atoms with Gasteiger partial charge < -0.3 is 15.0 Å². The van der Waals surface area contributed by atoms with Crippen molar-refractivity contribution in [2.24, 2.45) is 7.05 Å². The maximum absolute atomic E-state index is 12.7. The quantitative estimate of drug-likeness (QED) is 0.523. The highest BCUT2D eigenvalue weighted by Gasteiger charge is 2.22. The van der Waals surface area contributed by atoms with E-state index < -0.39 is 9.84 Å². The van der Waals surface area contributed by atoms with Crippen molar-refractivity contribution < 1.29 is 13.5 Å². The number of benzene rings is 2. The van der Waals surface area contributed by atoms with Crippen molar-refractivity contribution in [3.05, 3.63) is 73.2 Å². The van der Waals surface area contributed by atoms with Gasteiger partial charge in [-0.15, -0.1) is 0 Å². The van der Waals surface area contributed by atoms with E-state index in [2.05, 4.69) is 20.3 Å². The summed E-state index contributed by atoms with van der Waals surface area (Å²) < 4.78 is 26.8. The van der Waals surface area contributed by atoms with E-state index in [-0.39, 0.29) is 15.8 Å². The molecule has 2 aromatic heterocycles. The minimum absolute atomic E-state index is 0.0110. The molecule has 0 amide bonds. The third-order valence-electron chi connectivity index (χ3n) is 4.26. The number of rotatable bonds is 5. The number of aryl methyl sites for hydroxylation is 1. The SMILES string of the molecule is Cn1ccnc1S(=O)(=O)c1ccc(Nc2nccc(-c3ccc(O)cc3)n2)cc1. The van der Waals surface area contributed by atoms with E-state index in [1.807, 2.05) is 0 Å². The van der Waals surface area contributed by atoms with Crippen molar-refractivity contribution in [1.82, 2.24) is 19.5 Å². The van der Waals surface area contributed by atoms with Crippen molar-refractivity contribution in [3.8, 4) is 17.0 Å². The number of hydrogen-bond donors (Lipinski definition) is 2. The summed E-state index contributed by atoms with van der Waals surface area (Å²) in [6.07, 6.45) is 4.65. The molecular weight excluding hydrogens is 390 g/mol. The molecule has 2 aromatic carbocycles. The summed E-state index contributed by atoms with van der Waals surface area (Å²) in [6, 6.07) is 14.8. The van der Waals surface area contributed by atoms with Crippen molar-refractivity contribution >= 4 is 21.5 Å². The predicted octanol–water partition coefficient (Wildman–Crippen LogP) is 3.16. The first-order valence-electron chi connectivity index (χ1n) is 8.65. The predicted molar refractivity (Wildman–Crippen MR) is 108 cm³/mol. The van der Waals surface area contributed by atoms with Crippen molar-refractivity contribution in [2.45, 2.75) is 10.1 Å². The molecule has 0 spiro atoms. The second-order valence-electron chi connectivity index (χ2n) is 6.29. The van der Waals surface area contributed by atoms with Crippen LogP contribution in [-0.4, -0.2) is 33.0 Å². The van der Waals surface area contributed by atoms with Crippen molar-refractivity contribution in [1.29, 1.82) is 0 Å². The second kappa shape index (κ2) is 7.36. The van der Waals surface area contributed by atoms with Crippen molar-refractivity contribution in [2.75, 3.05) is 5.32 Å². The first-order valence-corrected chi connectivity index (χ1v) is 10.1. The monoisotopic (exact) mass is 407 g/mol. The van der Waals surface area contributed by atoms with Crippen LogP contribution in [-0.2, 0) is 16.9 Å². The van der Waals surface area contributed by atoms with E-state index in [1.165, 1.54) is 22.9 Å². The van der Waals surface area contributed by atoms with Gasteiger partial charge in [-0.3, -0.25) is 0 Å². The number of anilines is 2. The first-order chi connectivity index (χ1) is 13.9. The molecule has 4 rings (SSSR count). The van der Waals surface area contributed by atoms with Crippen LogP contribution < -0.4 is 5.32 Å². The van der Waals surface area contributed by atoms with Gasteiger partial charge in [0.1, 0.15) is 5.75 Å². The summed E-state index contributed by atoms with van der Waals surface area (Å²) >= 11 is 0. The van der Waals surface area contributed by atoms with Crippen LogP contribution in [0.4, 0.5) is 11.6 Å². The Morgan fingerprint density at radius 1 is 0.931 bits per heavy atom. The largest absolute Gasteiger partial charge is 0.508 e. The Kier molecular flexibility index (Phi) is 4.73. The Labute approximate surface area is 167 Å². The van der Waals surface area contributed by atoms with Crippen LogP contribution in [0.1, 0.15) is 0 Å². The molecule has 0 unspecified atom stereocenters. The molecule has 2 N–H and O–H groups in total. The smallest absolute Gasteiger partial charge is 0.240 e. The highest BCUT2D eigenvalue weighted by Crippen LogP contribution is 2.24. The fourth-order valence-electron chi connectivity index (χ4n) is 2.77. The highest BCUT2D eigenvalue weighted by atomic mass is 32.2. The molecule has 146 valence electrons. The minimum Gasteiger partial charge on any atom is -0.508 e. The van der Waals surface area contributed by atoms with Gasteiger partial charge in [0.15, 0.2) is 0 Å². The minimum atomic E-state index is -3.69. The number of aromatic hydroxyl groups is 1. The fraction of sp³-hybridized carbons (Fsp3) is 0.0500.